The van der Waals surface area contributed by atoms with Crippen LogP contribution in [-0.2, 0) is 12.8 Å². The molecule has 0 spiro atoms. The summed E-state index contributed by atoms with van der Waals surface area (Å²) in [5, 5.41) is 0. The molecule has 0 bridgehead atoms. The van der Waals surface area contributed by atoms with Crippen molar-refractivity contribution in [1.82, 2.24) is 9.55 Å². The first-order chi connectivity index (χ1) is 10.2. The maximum absolute atomic E-state index is 13.4. The van der Waals surface area contributed by atoms with Crippen LogP contribution in [0.15, 0.2) is 41.0 Å². The van der Waals surface area contributed by atoms with Gasteiger partial charge in [-0.3, -0.25) is 0 Å². The van der Waals surface area contributed by atoms with E-state index in [1.165, 1.54) is 12.1 Å². The van der Waals surface area contributed by atoms with E-state index in [1.807, 2.05) is 12.1 Å². The van der Waals surface area contributed by atoms with Crippen molar-refractivity contribution >= 4 is 22.6 Å². The molecule has 0 radical (unpaired) electrons. The first-order valence-electron chi connectivity index (χ1n) is 6.93. The van der Waals surface area contributed by atoms with E-state index in [-0.39, 0.29) is 11.9 Å². The van der Waals surface area contributed by atoms with Crippen LogP contribution in [0, 0.1) is 5.82 Å². The zero-order chi connectivity index (χ0) is 14.8. The monoisotopic (exact) mass is 306 g/mol. The summed E-state index contributed by atoms with van der Waals surface area (Å²) in [6, 6.07) is 8.69. The van der Waals surface area contributed by atoms with Crippen LogP contribution in [0.4, 0.5) is 4.39 Å². The molecule has 21 heavy (non-hydrogen) atoms. The summed E-state index contributed by atoms with van der Waals surface area (Å²) in [4.78, 5) is 4.52. The highest BCUT2D eigenvalue weighted by Gasteiger charge is 2.17. The standard InChI is InChI=1S/C16H16ClFN2O/c1-11(9-13-3-2-8-21-13)20-15-5-4-12(18)10-14(15)19-16(20)6-7-17/h2-5,8,10-11H,6-7,9H2,1H3. The summed E-state index contributed by atoms with van der Waals surface area (Å²) in [5.74, 6) is 2.01. The van der Waals surface area contributed by atoms with Crippen LogP contribution in [0.1, 0.15) is 24.6 Å². The third kappa shape index (κ3) is 2.81. The minimum atomic E-state index is -0.275. The van der Waals surface area contributed by atoms with Crippen molar-refractivity contribution in [3.05, 3.63) is 54.0 Å². The molecular weight excluding hydrogens is 291 g/mol. The molecule has 0 fully saturated rings. The Labute approximate surface area is 127 Å². The molecular formula is C16H16ClFN2O. The molecule has 3 aromatic rings. The molecule has 3 rings (SSSR count). The second-order valence-electron chi connectivity index (χ2n) is 5.10. The van der Waals surface area contributed by atoms with Gasteiger partial charge in [0, 0.05) is 30.8 Å². The second-order valence-corrected chi connectivity index (χ2v) is 5.48. The van der Waals surface area contributed by atoms with Crippen molar-refractivity contribution in [3.63, 3.8) is 0 Å². The Hall–Kier alpha value is -1.81. The van der Waals surface area contributed by atoms with Gasteiger partial charge < -0.3 is 8.98 Å². The predicted octanol–water partition coefficient (Wildman–Crippen LogP) is 4.35. The SMILES string of the molecule is CC(Cc1ccco1)n1c(CCCl)nc2cc(F)ccc21. The molecule has 2 heterocycles. The van der Waals surface area contributed by atoms with Gasteiger partial charge in [0.25, 0.3) is 0 Å². The van der Waals surface area contributed by atoms with Gasteiger partial charge in [-0.15, -0.1) is 11.6 Å². The maximum atomic E-state index is 13.4. The molecule has 0 saturated heterocycles. The van der Waals surface area contributed by atoms with Gasteiger partial charge in [0.2, 0.25) is 0 Å². The average Bonchev–Trinajstić information content (AvgIpc) is 3.05. The molecule has 1 aromatic carbocycles. The molecule has 0 N–H and O–H groups in total. The molecule has 110 valence electrons. The van der Waals surface area contributed by atoms with E-state index in [1.54, 1.807) is 12.3 Å². The van der Waals surface area contributed by atoms with Gasteiger partial charge in [0.15, 0.2) is 0 Å². The smallest absolute Gasteiger partial charge is 0.125 e. The average molecular weight is 307 g/mol. The zero-order valence-corrected chi connectivity index (χ0v) is 12.5. The number of alkyl halides is 1. The van der Waals surface area contributed by atoms with Gasteiger partial charge in [-0.25, -0.2) is 9.37 Å². The van der Waals surface area contributed by atoms with Gasteiger partial charge in [0.1, 0.15) is 17.4 Å². The zero-order valence-electron chi connectivity index (χ0n) is 11.7. The summed E-state index contributed by atoms with van der Waals surface area (Å²) in [6.07, 6.45) is 3.08. The van der Waals surface area contributed by atoms with Crippen LogP contribution >= 0.6 is 11.6 Å². The fourth-order valence-corrected chi connectivity index (χ4v) is 2.85. The molecule has 0 aliphatic carbocycles. The van der Waals surface area contributed by atoms with Gasteiger partial charge in [-0.2, -0.15) is 0 Å². The minimum absolute atomic E-state index is 0.157. The number of halogens is 2. The van der Waals surface area contributed by atoms with E-state index < -0.39 is 0 Å². The number of aromatic nitrogens is 2. The minimum Gasteiger partial charge on any atom is -0.469 e. The number of imidazole rings is 1. The van der Waals surface area contributed by atoms with E-state index in [0.717, 1.165) is 23.5 Å². The van der Waals surface area contributed by atoms with Gasteiger partial charge in [0.05, 0.1) is 17.3 Å². The largest absolute Gasteiger partial charge is 0.469 e. The number of benzene rings is 1. The lowest BCUT2D eigenvalue weighted by Crippen LogP contribution is -2.12. The van der Waals surface area contributed by atoms with Crippen LogP contribution in [0.3, 0.4) is 0 Å². The van der Waals surface area contributed by atoms with Crippen LogP contribution in [0.2, 0.25) is 0 Å². The number of furan rings is 1. The van der Waals surface area contributed by atoms with Crippen molar-refractivity contribution in [2.75, 3.05) is 5.88 Å². The lowest BCUT2D eigenvalue weighted by molar-refractivity contribution is 0.447. The summed E-state index contributed by atoms with van der Waals surface area (Å²) in [7, 11) is 0. The normalized spacial score (nSPS) is 12.9. The number of nitrogens with zero attached hydrogens (tertiary/aromatic N) is 2. The number of fused-ring (bicyclic) bond motifs is 1. The fraction of sp³-hybridized carbons (Fsp3) is 0.312. The molecule has 0 amide bonds. The highest BCUT2D eigenvalue weighted by atomic mass is 35.5. The van der Waals surface area contributed by atoms with Crippen LogP contribution in [-0.4, -0.2) is 15.4 Å². The summed E-state index contributed by atoms with van der Waals surface area (Å²) >= 11 is 5.87. The van der Waals surface area contributed by atoms with Crippen molar-refractivity contribution < 1.29 is 8.81 Å². The van der Waals surface area contributed by atoms with Crippen molar-refractivity contribution in [1.29, 1.82) is 0 Å². The van der Waals surface area contributed by atoms with Crippen molar-refractivity contribution in [2.24, 2.45) is 0 Å². The topological polar surface area (TPSA) is 31.0 Å². The molecule has 0 aliphatic rings. The van der Waals surface area contributed by atoms with Gasteiger partial charge >= 0.3 is 0 Å². The van der Waals surface area contributed by atoms with Crippen molar-refractivity contribution in [3.8, 4) is 0 Å². The third-order valence-corrected chi connectivity index (χ3v) is 3.75. The maximum Gasteiger partial charge on any atom is 0.125 e. The number of rotatable bonds is 5. The number of aryl methyl sites for hydroxylation is 1. The molecule has 5 heteroatoms. The Bertz CT molecular complexity index is 736. The van der Waals surface area contributed by atoms with E-state index in [0.29, 0.717) is 17.8 Å². The van der Waals surface area contributed by atoms with E-state index in [9.17, 15) is 4.39 Å². The molecule has 3 nitrogen and oxygen atoms in total. The van der Waals surface area contributed by atoms with Crippen LogP contribution in [0.25, 0.3) is 11.0 Å². The highest BCUT2D eigenvalue weighted by Crippen LogP contribution is 2.25. The quantitative estimate of drug-likeness (QED) is 0.656. The Morgan fingerprint density at radius 2 is 2.24 bits per heavy atom. The van der Waals surface area contributed by atoms with Gasteiger partial charge in [-0.1, -0.05) is 0 Å². The molecule has 0 saturated carbocycles. The predicted molar refractivity (Wildman–Crippen MR) is 81.2 cm³/mol. The van der Waals surface area contributed by atoms with Crippen molar-refractivity contribution in [2.45, 2.75) is 25.8 Å². The van der Waals surface area contributed by atoms with Gasteiger partial charge in [-0.05, 0) is 31.2 Å². The fourth-order valence-electron chi connectivity index (χ4n) is 2.69. The summed E-state index contributed by atoms with van der Waals surface area (Å²) in [5.41, 5.74) is 1.59. The first kappa shape index (κ1) is 14.1. The lowest BCUT2D eigenvalue weighted by atomic mass is 10.1. The second kappa shape index (κ2) is 5.90. The lowest BCUT2D eigenvalue weighted by Gasteiger charge is -2.16. The van der Waals surface area contributed by atoms with E-state index in [4.69, 9.17) is 16.0 Å². The molecule has 1 unspecified atom stereocenters. The highest BCUT2D eigenvalue weighted by molar-refractivity contribution is 6.17. The Morgan fingerprint density at radius 3 is 2.95 bits per heavy atom. The Morgan fingerprint density at radius 1 is 1.38 bits per heavy atom. The molecule has 0 aliphatic heterocycles. The first-order valence-corrected chi connectivity index (χ1v) is 7.47. The molecule has 2 aromatic heterocycles. The number of hydrogen-bond acceptors (Lipinski definition) is 2. The Kier molecular flexibility index (Phi) is 3.97. The van der Waals surface area contributed by atoms with E-state index in [2.05, 4.69) is 16.5 Å². The van der Waals surface area contributed by atoms with E-state index >= 15 is 0 Å². The summed E-state index contributed by atoms with van der Waals surface area (Å²) < 4.78 is 20.9. The Balaban J connectivity index is 2.03. The number of hydrogen-bond donors (Lipinski definition) is 0. The molecule has 1 atom stereocenters. The van der Waals surface area contributed by atoms with Crippen LogP contribution in [0.5, 0.6) is 0 Å². The summed E-state index contributed by atoms with van der Waals surface area (Å²) in [6.45, 7) is 2.10. The third-order valence-electron chi connectivity index (χ3n) is 3.56. The van der Waals surface area contributed by atoms with Crippen LogP contribution < -0.4 is 0 Å².